The number of guanidine groups is 2. The minimum absolute atomic E-state index is 0.0659. The maximum absolute atomic E-state index is 12.5. The van der Waals surface area contributed by atoms with Gasteiger partial charge in [0.05, 0.1) is 17.7 Å². The first-order chi connectivity index (χ1) is 18.6. The summed E-state index contributed by atoms with van der Waals surface area (Å²) in [5, 5.41) is 13.0. The summed E-state index contributed by atoms with van der Waals surface area (Å²) >= 11 is 18.2. The summed E-state index contributed by atoms with van der Waals surface area (Å²) in [7, 11) is 1.50. The number of furan rings is 2. The van der Waals surface area contributed by atoms with Crippen LogP contribution in [-0.2, 0) is 0 Å². The van der Waals surface area contributed by atoms with Gasteiger partial charge in [0, 0.05) is 15.6 Å². The van der Waals surface area contributed by atoms with Crippen molar-refractivity contribution in [3.8, 4) is 28.4 Å². The van der Waals surface area contributed by atoms with E-state index in [1.54, 1.807) is 48.5 Å². The number of methoxy groups -OCH3 is 1. The minimum Gasteiger partial charge on any atom is -0.496 e. The topological polar surface area (TPSA) is 170 Å². The quantitative estimate of drug-likeness (QED) is 0.141. The summed E-state index contributed by atoms with van der Waals surface area (Å²) < 4.78 is 16.4. The van der Waals surface area contributed by atoms with Gasteiger partial charge in [0.1, 0.15) is 17.3 Å². The highest BCUT2D eigenvalue weighted by atomic mass is 35.5. The van der Waals surface area contributed by atoms with E-state index in [-0.39, 0.29) is 11.5 Å². The zero-order valence-corrected chi connectivity index (χ0v) is 22.3. The number of amides is 2. The van der Waals surface area contributed by atoms with Gasteiger partial charge in [0.15, 0.2) is 11.5 Å². The van der Waals surface area contributed by atoms with Crippen LogP contribution in [0.4, 0.5) is 0 Å². The lowest BCUT2D eigenvalue weighted by atomic mass is 10.1. The van der Waals surface area contributed by atoms with Gasteiger partial charge in [0.25, 0.3) is 11.8 Å². The van der Waals surface area contributed by atoms with Gasteiger partial charge >= 0.3 is 0 Å². The van der Waals surface area contributed by atoms with Crippen molar-refractivity contribution in [1.29, 1.82) is 0 Å². The molecular formula is C25H19Cl3N6O5. The number of rotatable bonds is 6. The maximum Gasteiger partial charge on any atom is 0.293 e. The predicted molar refractivity (Wildman–Crippen MR) is 148 cm³/mol. The number of carbonyl (C=O) groups is 2. The second-order valence-corrected chi connectivity index (χ2v) is 8.96. The van der Waals surface area contributed by atoms with Crippen LogP contribution in [0.3, 0.4) is 0 Å². The molecule has 2 aromatic heterocycles. The highest BCUT2D eigenvalue weighted by Gasteiger charge is 2.17. The molecule has 0 aliphatic carbocycles. The number of nitrogens with two attached hydrogens (primary N) is 2. The lowest BCUT2D eigenvalue weighted by Gasteiger charge is -2.06. The normalized spacial score (nSPS) is 11.8. The molecule has 200 valence electrons. The molecule has 0 spiro atoms. The van der Waals surface area contributed by atoms with Crippen molar-refractivity contribution in [3.05, 3.63) is 87.3 Å². The third kappa shape index (κ3) is 6.71. The molecule has 2 heterocycles. The van der Waals surface area contributed by atoms with E-state index in [1.165, 1.54) is 19.2 Å². The molecule has 0 saturated heterocycles. The Kier molecular flexibility index (Phi) is 8.45. The molecule has 0 unspecified atom stereocenters. The smallest absolute Gasteiger partial charge is 0.293 e. The monoisotopic (exact) mass is 588 g/mol. The first kappa shape index (κ1) is 27.6. The Bertz CT molecular complexity index is 1610. The summed E-state index contributed by atoms with van der Waals surface area (Å²) in [6.07, 6.45) is 0. The number of halogens is 3. The molecule has 6 N–H and O–H groups in total. The van der Waals surface area contributed by atoms with Gasteiger partial charge in [-0.3, -0.25) is 20.2 Å². The fourth-order valence-electron chi connectivity index (χ4n) is 3.28. The Morgan fingerprint density at radius 1 is 0.744 bits per heavy atom. The van der Waals surface area contributed by atoms with Gasteiger partial charge in [-0.25, -0.2) is 0 Å². The zero-order valence-electron chi connectivity index (χ0n) is 20.0. The van der Waals surface area contributed by atoms with Gasteiger partial charge < -0.3 is 25.0 Å². The van der Waals surface area contributed by atoms with Crippen LogP contribution in [0.15, 0.2) is 79.7 Å². The van der Waals surface area contributed by atoms with Crippen LogP contribution in [0.5, 0.6) is 5.75 Å². The summed E-state index contributed by atoms with van der Waals surface area (Å²) in [4.78, 5) is 24.9. The van der Waals surface area contributed by atoms with E-state index in [4.69, 9.17) is 59.8 Å². The van der Waals surface area contributed by atoms with Gasteiger partial charge in [-0.15, -0.1) is 10.2 Å². The Balaban J connectivity index is 1.38. The first-order valence-corrected chi connectivity index (χ1v) is 12.1. The van der Waals surface area contributed by atoms with Crippen LogP contribution in [-0.4, -0.2) is 30.8 Å². The van der Waals surface area contributed by atoms with E-state index in [0.29, 0.717) is 43.5 Å². The van der Waals surface area contributed by atoms with Crippen molar-refractivity contribution >= 4 is 58.5 Å². The highest BCUT2D eigenvalue weighted by molar-refractivity contribution is 6.35. The number of ether oxygens (including phenoxy) is 1. The number of nitrogens with zero attached hydrogens (tertiary/aromatic N) is 2. The van der Waals surface area contributed by atoms with Crippen molar-refractivity contribution in [3.63, 3.8) is 0 Å². The molecule has 0 bridgehead atoms. The largest absolute Gasteiger partial charge is 0.496 e. The summed E-state index contributed by atoms with van der Waals surface area (Å²) in [5.74, 6) is -1.20. The summed E-state index contributed by atoms with van der Waals surface area (Å²) in [6.45, 7) is 0. The van der Waals surface area contributed by atoms with E-state index in [0.717, 1.165) is 0 Å². The van der Waals surface area contributed by atoms with Crippen molar-refractivity contribution in [2.24, 2.45) is 21.7 Å². The van der Waals surface area contributed by atoms with Crippen LogP contribution >= 0.6 is 34.8 Å². The standard InChI is InChI=1S/C25H19Cl3N6O5/c1-37-17-5-3-13(27)11-15(17)19-7-9-21(39-19)23(36)32-25(30)34-33-24(29)31-22(35)20-8-6-18(38-20)14-10-12(26)2-4-16(14)28/h2-11H,1H3,(H3,29,31,33,35)(H3,30,32,34,36). The Morgan fingerprint density at radius 2 is 1.23 bits per heavy atom. The van der Waals surface area contributed by atoms with E-state index in [1.807, 2.05) is 0 Å². The number of hydrogen-bond donors (Lipinski definition) is 4. The second kappa shape index (κ2) is 11.9. The van der Waals surface area contributed by atoms with Gasteiger partial charge in [-0.2, -0.15) is 0 Å². The van der Waals surface area contributed by atoms with Gasteiger partial charge in [0.2, 0.25) is 11.9 Å². The van der Waals surface area contributed by atoms with Crippen LogP contribution in [0, 0.1) is 0 Å². The molecular weight excluding hydrogens is 571 g/mol. The Hall–Kier alpha value is -4.45. The van der Waals surface area contributed by atoms with Crippen molar-refractivity contribution < 1.29 is 23.2 Å². The van der Waals surface area contributed by atoms with E-state index in [2.05, 4.69) is 20.8 Å². The Morgan fingerprint density at radius 3 is 1.77 bits per heavy atom. The number of nitrogens with one attached hydrogen (secondary N) is 2. The highest BCUT2D eigenvalue weighted by Crippen LogP contribution is 2.34. The molecule has 0 fully saturated rings. The predicted octanol–water partition coefficient (Wildman–Crippen LogP) is 4.88. The molecule has 39 heavy (non-hydrogen) atoms. The van der Waals surface area contributed by atoms with Crippen molar-refractivity contribution in [2.75, 3.05) is 7.11 Å². The number of carbonyl (C=O) groups excluding carboxylic acids is 2. The maximum atomic E-state index is 12.5. The van der Waals surface area contributed by atoms with E-state index >= 15 is 0 Å². The van der Waals surface area contributed by atoms with Crippen LogP contribution in [0.1, 0.15) is 21.1 Å². The first-order valence-electron chi connectivity index (χ1n) is 10.9. The second-order valence-electron chi connectivity index (χ2n) is 7.68. The molecule has 0 saturated carbocycles. The fourth-order valence-corrected chi connectivity index (χ4v) is 3.84. The van der Waals surface area contributed by atoms with Crippen LogP contribution in [0.2, 0.25) is 15.1 Å². The minimum atomic E-state index is -0.710. The van der Waals surface area contributed by atoms with E-state index in [9.17, 15) is 9.59 Å². The average Bonchev–Trinajstić information content (AvgIpc) is 3.60. The molecule has 0 aliphatic rings. The molecule has 0 atom stereocenters. The molecule has 0 aliphatic heterocycles. The van der Waals surface area contributed by atoms with E-state index < -0.39 is 23.7 Å². The molecule has 11 nitrogen and oxygen atoms in total. The van der Waals surface area contributed by atoms with Gasteiger partial charge in [-0.05, 0) is 60.7 Å². The molecule has 2 aromatic carbocycles. The van der Waals surface area contributed by atoms with Crippen LogP contribution < -0.4 is 26.8 Å². The molecule has 4 aromatic rings. The lowest BCUT2D eigenvalue weighted by Crippen LogP contribution is -2.38. The Labute approximate surface area is 236 Å². The zero-order chi connectivity index (χ0) is 28.1. The molecule has 2 amide bonds. The third-order valence-electron chi connectivity index (χ3n) is 5.03. The van der Waals surface area contributed by atoms with Gasteiger partial charge in [-0.1, -0.05) is 34.8 Å². The number of hydrogen-bond acceptors (Lipinski definition) is 7. The van der Waals surface area contributed by atoms with Crippen molar-refractivity contribution in [1.82, 2.24) is 10.6 Å². The summed E-state index contributed by atoms with van der Waals surface area (Å²) in [5.41, 5.74) is 12.5. The third-order valence-corrected chi connectivity index (χ3v) is 5.83. The fraction of sp³-hybridized carbons (Fsp3) is 0.0400. The number of benzene rings is 2. The summed E-state index contributed by atoms with van der Waals surface area (Å²) in [6, 6.07) is 15.8. The van der Waals surface area contributed by atoms with Crippen LogP contribution in [0.25, 0.3) is 22.6 Å². The lowest BCUT2D eigenvalue weighted by molar-refractivity contribution is 0.0942. The molecule has 4 rings (SSSR count). The SMILES string of the molecule is COc1ccc(Cl)cc1-c1ccc(C(=O)NC(N)=NN=C(N)NC(=O)c2ccc(-c3cc(Cl)ccc3Cl)o2)o1. The average molecular weight is 590 g/mol. The molecule has 14 heteroatoms. The van der Waals surface area contributed by atoms with Crippen molar-refractivity contribution in [2.45, 2.75) is 0 Å². The molecule has 0 radical (unpaired) electrons.